The first-order valence-corrected chi connectivity index (χ1v) is 10.5. The van der Waals surface area contributed by atoms with Crippen LogP contribution in [0, 0.1) is 5.41 Å². The molecule has 0 amide bonds. The van der Waals surface area contributed by atoms with E-state index in [0.29, 0.717) is 0 Å². The van der Waals surface area contributed by atoms with E-state index in [9.17, 15) is 17.6 Å². The molecule has 186 valence electrons. The van der Waals surface area contributed by atoms with Crippen LogP contribution in [0.1, 0.15) is 28.3 Å². The van der Waals surface area contributed by atoms with Gasteiger partial charge in [-0.3, -0.25) is 0 Å². The molecule has 3 rings (SSSR count). The van der Waals surface area contributed by atoms with Crippen molar-refractivity contribution in [2.45, 2.75) is 18.8 Å². The van der Waals surface area contributed by atoms with Gasteiger partial charge >= 0.3 is 12.2 Å². The van der Waals surface area contributed by atoms with Gasteiger partial charge in [-0.1, -0.05) is 42.5 Å². The summed E-state index contributed by atoms with van der Waals surface area (Å²) in [7, 11) is 2.67. The highest BCUT2D eigenvalue weighted by Gasteiger charge is 2.30. The van der Waals surface area contributed by atoms with E-state index < -0.39 is 24.5 Å². The minimum Gasteiger partial charge on any atom is -0.480 e. The van der Waals surface area contributed by atoms with E-state index >= 15 is 0 Å². The number of anilines is 1. The molecule has 0 saturated heterocycles. The number of alkyl halides is 4. The summed E-state index contributed by atoms with van der Waals surface area (Å²) < 4.78 is 68.7. The summed E-state index contributed by atoms with van der Waals surface area (Å²) in [5.41, 5.74) is 0.396. The third-order valence-corrected chi connectivity index (χ3v) is 5.00. The monoisotopic (exact) mass is 492 g/mol. The van der Waals surface area contributed by atoms with Crippen molar-refractivity contribution in [2.24, 2.45) is 0 Å². The van der Waals surface area contributed by atoms with Crippen LogP contribution in [0.3, 0.4) is 0 Å². The van der Waals surface area contributed by atoms with Gasteiger partial charge in [0.2, 0.25) is 5.88 Å². The number of benzene rings is 2. The molecule has 1 heterocycles. The Kier molecular flexibility index (Phi) is 8.58. The Hall–Kier alpha value is -3.73. The molecular weight excluding hydrogens is 468 g/mol. The topological polar surface area (TPSA) is 89.4 Å². The van der Waals surface area contributed by atoms with Crippen molar-refractivity contribution in [1.82, 2.24) is 9.97 Å². The average molecular weight is 492 g/mol. The normalized spacial score (nSPS) is 12.2. The Labute approximate surface area is 199 Å². The van der Waals surface area contributed by atoms with Crippen LogP contribution in [0.2, 0.25) is 0 Å². The number of nitrogens with zero attached hydrogens (tertiary/aromatic N) is 2. The van der Waals surface area contributed by atoms with Gasteiger partial charge in [-0.2, -0.15) is 23.1 Å². The number of halogens is 4. The highest BCUT2D eigenvalue weighted by Crippen LogP contribution is 2.32. The first-order chi connectivity index (χ1) is 16.8. The largest absolute Gasteiger partial charge is 0.480 e. The van der Waals surface area contributed by atoms with Gasteiger partial charge in [-0.15, -0.1) is 0 Å². The smallest absolute Gasteiger partial charge is 0.416 e. The number of aromatic nitrogens is 2. The number of hydrogen-bond donors (Lipinski definition) is 2. The first-order valence-electron chi connectivity index (χ1n) is 10.5. The van der Waals surface area contributed by atoms with Crippen molar-refractivity contribution in [2.75, 3.05) is 32.8 Å². The number of ether oxygens (including phenoxy) is 3. The second-order valence-corrected chi connectivity index (χ2v) is 7.37. The summed E-state index contributed by atoms with van der Waals surface area (Å²) in [6, 6.07) is 12.3. The lowest BCUT2D eigenvalue weighted by molar-refractivity contribution is -0.137. The number of rotatable bonds is 11. The van der Waals surface area contributed by atoms with E-state index in [1.807, 2.05) is 30.3 Å². The minimum atomic E-state index is -4.51. The highest BCUT2D eigenvalue weighted by molar-refractivity contribution is 6.05. The summed E-state index contributed by atoms with van der Waals surface area (Å²) >= 11 is 0. The number of hydrogen-bond acceptors (Lipinski definition) is 7. The molecule has 0 aliphatic rings. The van der Waals surface area contributed by atoms with Gasteiger partial charge in [0.15, 0.2) is 0 Å². The molecule has 0 saturated carbocycles. The molecule has 1 unspecified atom stereocenters. The second-order valence-electron chi connectivity index (χ2n) is 7.37. The van der Waals surface area contributed by atoms with Crippen LogP contribution in [0.4, 0.5) is 23.4 Å². The van der Waals surface area contributed by atoms with Crippen LogP contribution in [0.25, 0.3) is 0 Å². The molecule has 7 nitrogen and oxygen atoms in total. The Morgan fingerprint density at radius 3 is 2.26 bits per heavy atom. The van der Waals surface area contributed by atoms with Gasteiger partial charge in [0.25, 0.3) is 0 Å². The maximum Gasteiger partial charge on any atom is 0.416 e. The standard InChI is InChI=1S/C24H24F4N4O3/c1-33-22-20(18(29)14-35-13-15-6-4-3-5-7-15)21(31-23(32-22)34-2)30-19(12-25)16-8-10-17(11-9-16)24(26,27)28/h3-11,19,29H,12-14H2,1-2H3,(H,30,31,32). The predicted octanol–water partition coefficient (Wildman–Crippen LogP) is 5.22. The summed E-state index contributed by atoms with van der Waals surface area (Å²) in [4.78, 5) is 8.28. The average Bonchev–Trinajstić information content (AvgIpc) is 2.86. The Morgan fingerprint density at radius 2 is 1.69 bits per heavy atom. The molecule has 0 radical (unpaired) electrons. The summed E-state index contributed by atoms with van der Waals surface area (Å²) in [5.74, 6) is 0.0160. The number of nitrogens with one attached hydrogen (secondary N) is 2. The molecule has 1 atom stereocenters. The summed E-state index contributed by atoms with van der Waals surface area (Å²) in [6.45, 7) is -0.836. The van der Waals surface area contributed by atoms with Gasteiger partial charge in [-0.05, 0) is 23.3 Å². The van der Waals surface area contributed by atoms with Crippen molar-refractivity contribution in [3.05, 3.63) is 76.9 Å². The molecule has 3 aromatic rings. The van der Waals surface area contributed by atoms with E-state index in [2.05, 4.69) is 15.3 Å². The molecule has 0 fully saturated rings. The minimum absolute atomic E-state index is 0.00214. The molecule has 35 heavy (non-hydrogen) atoms. The summed E-state index contributed by atoms with van der Waals surface area (Å²) in [5, 5.41) is 11.4. The molecule has 0 spiro atoms. The van der Waals surface area contributed by atoms with E-state index in [1.54, 1.807) is 0 Å². The SMILES string of the molecule is COc1nc(NC(CF)c2ccc(C(F)(F)F)cc2)c(C(=N)COCc2ccccc2)c(OC)n1. The van der Waals surface area contributed by atoms with Crippen molar-refractivity contribution < 1.29 is 31.8 Å². The Morgan fingerprint density at radius 1 is 1.00 bits per heavy atom. The maximum absolute atomic E-state index is 14.0. The number of methoxy groups -OCH3 is 2. The lowest BCUT2D eigenvalue weighted by atomic mass is 10.0. The van der Waals surface area contributed by atoms with E-state index in [-0.39, 0.29) is 47.8 Å². The van der Waals surface area contributed by atoms with Crippen LogP contribution in [-0.4, -0.2) is 43.2 Å². The van der Waals surface area contributed by atoms with Crippen molar-refractivity contribution in [3.63, 3.8) is 0 Å². The zero-order valence-corrected chi connectivity index (χ0v) is 19.0. The fourth-order valence-corrected chi connectivity index (χ4v) is 3.23. The van der Waals surface area contributed by atoms with Gasteiger partial charge < -0.3 is 24.9 Å². The second kappa shape index (κ2) is 11.6. The third kappa shape index (κ3) is 6.66. The third-order valence-electron chi connectivity index (χ3n) is 5.00. The van der Waals surface area contributed by atoms with Gasteiger partial charge in [-0.25, -0.2) is 4.39 Å². The molecule has 0 aliphatic carbocycles. The van der Waals surface area contributed by atoms with Crippen LogP contribution in [-0.2, 0) is 17.5 Å². The molecule has 2 aromatic carbocycles. The highest BCUT2D eigenvalue weighted by atomic mass is 19.4. The molecule has 2 N–H and O–H groups in total. The molecule has 0 bridgehead atoms. The molecule has 1 aromatic heterocycles. The Balaban J connectivity index is 1.87. The van der Waals surface area contributed by atoms with Crippen LogP contribution >= 0.6 is 0 Å². The first kappa shape index (κ1) is 25.9. The van der Waals surface area contributed by atoms with E-state index in [0.717, 1.165) is 17.7 Å². The fraction of sp³-hybridized carbons (Fsp3) is 0.292. The molecule has 11 heteroatoms. The summed E-state index contributed by atoms with van der Waals surface area (Å²) in [6.07, 6.45) is -4.51. The Bertz CT molecular complexity index is 1130. The maximum atomic E-state index is 14.0. The lowest BCUT2D eigenvalue weighted by Crippen LogP contribution is -2.20. The lowest BCUT2D eigenvalue weighted by Gasteiger charge is -2.21. The van der Waals surface area contributed by atoms with Crippen LogP contribution in [0.15, 0.2) is 54.6 Å². The van der Waals surface area contributed by atoms with Gasteiger partial charge in [0.05, 0.1) is 44.8 Å². The zero-order valence-electron chi connectivity index (χ0n) is 19.0. The quantitative estimate of drug-likeness (QED) is 0.282. The zero-order chi connectivity index (χ0) is 25.4. The molecular formula is C24H24F4N4O3. The van der Waals surface area contributed by atoms with Crippen molar-refractivity contribution >= 4 is 11.5 Å². The van der Waals surface area contributed by atoms with Crippen LogP contribution < -0.4 is 14.8 Å². The van der Waals surface area contributed by atoms with Gasteiger partial charge in [0.1, 0.15) is 18.1 Å². The predicted molar refractivity (Wildman–Crippen MR) is 122 cm³/mol. The van der Waals surface area contributed by atoms with Crippen LogP contribution in [0.5, 0.6) is 11.9 Å². The van der Waals surface area contributed by atoms with Crippen molar-refractivity contribution in [3.8, 4) is 11.9 Å². The fourth-order valence-electron chi connectivity index (χ4n) is 3.23. The van der Waals surface area contributed by atoms with E-state index in [1.165, 1.54) is 26.4 Å². The van der Waals surface area contributed by atoms with E-state index in [4.69, 9.17) is 19.6 Å². The van der Waals surface area contributed by atoms with Gasteiger partial charge in [0, 0.05) is 0 Å². The molecule has 0 aliphatic heterocycles. The van der Waals surface area contributed by atoms with Crippen molar-refractivity contribution in [1.29, 1.82) is 5.41 Å².